The lowest BCUT2D eigenvalue weighted by atomic mass is 10.2. The Morgan fingerprint density at radius 3 is 1.98 bits per heavy atom. The first-order valence-electron chi connectivity index (χ1n) is 11.8. The van der Waals surface area contributed by atoms with Crippen LogP contribution in [0, 0.1) is 0 Å². The van der Waals surface area contributed by atoms with E-state index in [9.17, 15) is 8.42 Å². The molecule has 0 aliphatic rings. The standard InChI is InChI=1S/C28H25BrCl2N2O6S/c1-33(16-18-4-8-21(36-2)9-5-18)40(34,35)26-14-27(39-28-23(30)12-20(29)13-24(28)31)32-15-25(26)38-17-19-6-10-22(37-3)11-7-19/h4-15H,16-17H2,1-3H3. The number of pyridine rings is 1. The number of halogens is 3. The summed E-state index contributed by atoms with van der Waals surface area (Å²) in [6, 6.07) is 18.9. The number of sulfonamides is 1. The van der Waals surface area contributed by atoms with Gasteiger partial charge in [0, 0.05) is 24.1 Å². The fraction of sp³-hybridized carbons (Fsp3) is 0.179. The van der Waals surface area contributed by atoms with Crippen molar-refractivity contribution in [1.82, 2.24) is 9.29 Å². The van der Waals surface area contributed by atoms with Crippen LogP contribution in [-0.2, 0) is 23.2 Å². The topological polar surface area (TPSA) is 87.2 Å². The van der Waals surface area contributed by atoms with Gasteiger partial charge in [0.1, 0.15) is 23.0 Å². The first kappa shape index (κ1) is 30.0. The third kappa shape index (κ3) is 7.18. The molecule has 3 aromatic carbocycles. The maximum absolute atomic E-state index is 13.8. The van der Waals surface area contributed by atoms with Gasteiger partial charge in [-0.15, -0.1) is 0 Å². The highest BCUT2D eigenvalue weighted by molar-refractivity contribution is 9.10. The minimum absolute atomic E-state index is 0.0284. The summed E-state index contributed by atoms with van der Waals surface area (Å²) in [5.41, 5.74) is 1.58. The summed E-state index contributed by atoms with van der Waals surface area (Å²) in [5, 5.41) is 0.448. The lowest BCUT2D eigenvalue weighted by Gasteiger charge is -2.20. The highest BCUT2D eigenvalue weighted by Crippen LogP contribution is 2.39. The molecule has 0 N–H and O–H groups in total. The van der Waals surface area contributed by atoms with Gasteiger partial charge in [0.05, 0.1) is 30.5 Å². The predicted molar refractivity (Wildman–Crippen MR) is 157 cm³/mol. The molecule has 12 heteroatoms. The number of hydrogen-bond donors (Lipinski definition) is 0. The Balaban J connectivity index is 1.67. The quantitative estimate of drug-likeness (QED) is 0.165. The second-order valence-electron chi connectivity index (χ2n) is 8.52. The number of nitrogens with zero attached hydrogens (tertiary/aromatic N) is 2. The van der Waals surface area contributed by atoms with E-state index in [0.29, 0.717) is 16.0 Å². The minimum Gasteiger partial charge on any atom is -0.497 e. The molecule has 210 valence electrons. The summed E-state index contributed by atoms with van der Waals surface area (Å²) in [6.07, 6.45) is 1.30. The molecule has 0 fully saturated rings. The Labute approximate surface area is 251 Å². The van der Waals surface area contributed by atoms with Gasteiger partial charge in [0.25, 0.3) is 0 Å². The van der Waals surface area contributed by atoms with Gasteiger partial charge in [-0.05, 0) is 47.5 Å². The highest BCUT2D eigenvalue weighted by Gasteiger charge is 2.27. The zero-order chi connectivity index (χ0) is 28.9. The van der Waals surface area contributed by atoms with Crippen LogP contribution in [0.3, 0.4) is 0 Å². The van der Waals surface area contributed by atoms with E-state index in [1.54, 1.807) is 62.8 Å². The summed E-state index contributed by atoms with van der Waals surface area (Å²) in [7, 11) is 0.550. The summed E-state index contributed by atoms with van der Waals surface area (Å²) in [5.74, 6) is 1.53. The Kier molecular flexibility index (Phi) is 9.81. The molecule has 0 amide bonds. The summed E-state index contributed by atoms with van der Waals surface area (Å²) >= 11 is 15.9. The molecule has 0 atom stereocenters. The lowest BCUT2D eigenvalue weighted by molar-refractivity contribution is 0.294. The van der Waals surface area contributed by atoms with Crippen LogP contribution >= 0.6 is 39.1 Å². The molecule has 8 nitrogen and oxygen atoms in total. The van der Waals surface area contributed by atoms with E-state index in [4.69, 9.17) is 42.1 Å². The van der Waals surface area contributed by atoms with Crippen molar-refractivity contribution in [3.63, 3.8) is 0 Å². The molecular formula is C28H25BrCl2N2O6S. The number of aromatic nitrogens is 1. The maximum atomic E-state index is 13.8. The van der Waals surface area contributed by atoms with Crippen molar-refractivity contribution >= 4 is 49.2 Å². The van der Waals surface area contributed by atoms with E-state index in [0.717, 1.165) is 11.1 Å². The van der Waals surface area contributed by atoms with Crippen molar-refractivity contribution in [1.29, 1.82) is 0 Å². The Morgan fingerprint density at radius 1 is 0.875 bits per heavy atom. The molecule has 4 rings (SSSR count). The largest absolute Gasteiger partial charge is 0.497 e. The van der Waals surface area contributed by atoms with Gasteiger partial charge in [-0.3, -0.25) is 0 Å². The van der Waals surface area contributed by atoms with E-state index in [2.05, 4.69) is 20.9 Å². The van der Waals surface area contributed by atoms with Gasteiger partial charge >= 0.3 is 0 Å². The van der Waals surface area contributed by atoms with E-state index >= 15 is 0 Å². The van der Waals surface area contributed by atoms with Gasteiger partial charge in [-0.25, -0.2) is 13.4 Å². The van der Waals surface area contributed by atoms with Crippen LogP contribution in [0.1, 0.15) is 11.1 Å². The first-order chi connectivity index (χ1) is 19.1. The Morgan fingerprint density at radius 2 is 1.43 bits per heavy atom. The van der Waals surface area contributed by atoms with Crippen LogP contribution in [0.15, 0.2) is 82.3 Å². The molecule has 0 saturated heterocycles. The van der Waals surface area contributed by atoms with Crippen molar-refractivity contribution in [2.45, 2.75) is 18.0 Å². The van der Waals surface area contributed by atoms with E-state index in [1.165, 1.54) is 23.6 Å². The number of rotatable bonds is 11. The molecule has 0 radical (unpaired) electrons. The van der Waals surface area contributed by atoms with E-state index in [1.807, 2.05) is 12.1 Å². The molecule has 0 bridgehead atoms. The maximum Gasteiger partial charge on any atom is 0.247 e. The van der Waals surface area contributed by atoms with Crippen molar-refractivity contribution in [3.8, 4) is 28.9 Å². The van der Waals surface area contributed by atoms with Crippen molar-refractivity contribution in [3.05, 3.63) is 98.6 Å². The van der Waals surface area contributed by atoms with Crippen LogP contribution in [0.2, 0.25) is 10.0 Å². The monoisotopic (exact) mass is 666 g/mol. The summed E-state index contributed by atoms with van der Waals surface area (Å²) < 4.78 is 51.7. The predicted octanol–water partition coefficient (Wildman–Crippen LogP) is 7.36. The zero-order valence-electron chi connectivity index (χ0n) is 21.7. The van der Waals surface area contributed by atoms with Crippen LogP contribution in [0.5, 0.6) is 28.9 Å². The van der Waals surface area contributed by atoms with Crippen molar-refractivity contribution < 1.29 is 27.4 Å². The van der Waals surface area contributed by atoms with E-state index < -0.39 is 10.0 Å². The summed E-state index contributed by atoms with van der Waals surface area (Å²) in [6.45, 7) is 0.202. The fourth-order valence-electron chi connectivity index (χ4n) is 3.63. The molecule has 0 saturated carbocycles. The van der Waals surface area contributed by atoms with Gasteiger partial charge in [0.2, 0.25) is 15.9 Å². The van der Waals surface area contributed by atoms with Crippen molar-refractivity contribution in [2.24, 2.45) is 0 Å². The first-order valence-corrected chi connectivity index (χ1v) is 14.8. The van der Waals surface area contributed by atoms with E-state index in [-0.39, 0.29) is 45.5 Å². The number of benzene rings is 3. The molecule has 0 aliphatic carbocycles. The zero-order valence-corrected chi connectivity index (χ0v) is 25.6. The van der Waals surface area contributed by atoms with Crippen molar-refractivity contribution in [2.75, 3.05) is 21.3 Å². The van der Waals surface area contributed by atoms with Crippen LogP contribution < -0.4 is 18.9 Å². The molecule has 0 spiro atoms. The number of ether oxygens (including phenoxy) is 4. The molecule has 4 aromatic rings. The molecule has 1 heterocycles. The Bertz CT molecular complexity index is 1560. The average molecular weight is 668 g/mol. The third-order valence-corrected chi connectivity index (χ3v) is 8.63. The number of methoxy groups -OCH3 is 2. The fourth-order valence-corrected chi connectivity index (χ4v) is 6.18. The molecule has 1 aromatic heterocycles. The van der Waals surface area contributed by atoms with Gasteiger partial charge in [-0.2, -0.15) is 4.31 Å². The second-order valence-corrected chi connectivity index (χ2v) is 12.3. The van der Waals surface area contributed by atoms with Gasteiger partial charge in [0.15, 0.2) is 11.5 Å². The highest BCUT2D eigenvalue weighted by atomic mass is 79.9. The molecule has 40 heavy (non-hydrogen) atoms. The molecule has 0 aliphatic heterocycles. The average Bonchev–Trinajstić information content (AvgIpc) is 2.94. The summed E-state index contributed by atoms with van der Waals surface area (Å²) in [4.78, 5) is 4.13. The van der Waals surface area contributed by atoms with Crippen LogP contribution in [-0.4, -0.2) is 39.0 Å². The van der Waals surface area contributed by atoms with Gasteiger partial charge < -0.3 is 18.9 Å². The smallest absolute Gasteiger partial charge is 0.247 e. The second kappa shape index (κ2) is 13.1. The lowest BCUT2D eigenvalue weighted by Crippen LogP contribution is -2.27. The van der Waals surface area contributed by atoms with Crippen LogP contribution in [0.25, 0.3) is 0 Å². The number of hydrogen-bond acceptors (Lipinski definition) is 7. The Hall–Kier alpha value is -3.02. The van der Waals surface area contributed by atoms with Gasteiger partial charge in [-0.1, -0.05) is 63.4 Å². The molecule has 0 unspecified atom stereocenters. The van der Waals surface area contributed by atoms with Crippen LogP contribution in [0.4, 0.5) is 0 Å². The normalized spacial score (nSPS) is 11.4. The third-order valence-electron chi connectivity index (χ3n) is 5.78. The minimum atomic E-state index is -4.08. The SMILES string of the molecule is COc1ccc(COc2cnc(Oc3c(Cl)cc(Br)cc3Cl)cc2S(=O)(=O)N(C)Cc2ccc(OC)cc2)cc1. The molecular weight excluding hydrogens is 643 g/mol.